The summed E-state index contributed by atoms with van der Waals surface area (Å²) in [6.07, 6.45) is 1.55. The van der Waals surface area contributed by atoms with Gasteiger partial charge in [0.2, 0.25) is 11.8 Å². The van der Waals surface area contributed by atoms with E-state index in [0.29, 0.717) is 6.42 Å². The molecule has 0 radical (unpaired) electrons. The Hall–Kier alpha value is -3.20. The van der Waals surface area contributed by atoms with Crippen LogP contribution in [0.25, 0.3) is 0 Å². The number of benzene rings is 1. The minimum absolute atomic E-state index is 0.0202. The van der Waals surface area contributed by atoms with Gasteiger partial charge in [-0.2, -0.15) is 0 Å². The van der Waals surface area contributed by atoms with Gasteiger partial charge in [0.05, 0.1) is 18.6 Å². The summed E-state index contributed by atoms with van der Waals surface area (Å²) in [7, 11) is 0. The minimum atomic E-state index is -1.07. The molecule has 6 atom stereocenters. The number of rotatable bonds is 5. The van der Waals surface area contributed by atoms with Crippen molar-refractivity contribution in [1.29, 1.82) is 0 Å². The van der Waals surface area contributed by atoms with Gasteiger partial charge >= 0.3 is 11.9 Å². The number of cyclic esters (lactones) is 2. The monoisotopic (exact) mass is 500 g/mol. The zero-order chi connectivity index (χ0) is 26.2. The van der Waals surface area contributed by atoms with E-state index in [2.05, 4.69) is 10.6 Å². The fraction of sp³-hybridized carbons (Fsp3) is 0.556. The third-order valence-corrected chi connectivity index (χ3v) is 6.30. The van der Waals surface area contributed by atoms with Crippen molar-refractivity contribution in [2.24, 2.45) is 17.8 Å². The molecule has 1 fully saturated rings. The lowest BCUT2D eigenvalue weighted by atomic mass is 9.93. The van der Waals surface area contributed by atoms with E-state index >= 15 is 0 Å². The molecule has 9 nitrogen and oxygen atoms in total. The molecule has 196 valence electrons. The first-order valence-electron chi connectivity index (χ1n) is 12.5. The smallest absolute Gasteiger partial charge is 0.347 e. The van der Waals surface area contributed by atoms with Gasteiger partial charge in [-0.3, -0.25) is 14.4 Å². The third kappa shape index (κ3) is 7.91. The average Bonchev–Trinajstić information content (AvgIpc) is 3.65. The highest BCUT2D eigenvalue weighted by Crippen LogP contribution is 2.45. The van der Waals surface area contributed by atoms with Crippen LogP contribution in [0.3, 0.4) is 0 Å². The van der Waals surface area contributed by atoms with Gasteiger partial charge in [-0.15, -0.1) is 0 Å². The molecule has 3 rings (SSSR count). The van der Waals surface area contributed by atoms with Crippen LogP contribution >= 0.6 is 0 Å². The number of hydrogen-bond donors (Lipinski definition) is 2. The van der Waals surface area contributed by atoms with Gasteiger partial charge in [0, 0.05) is 18.9 Å². The van der Waals surface area contributed by atoms with Gasteiger partial charge in [-0.1, -0.05) is 64.1 Å². The molecule has 4 unspecified atom stereocenters. The van der Waals surface area contributed by atoms with Crippen molar-refractivity contribution >= 4 is 23.8 Å². The summed E-state index contributed by atoms with van der Waals surface area (Å²) < 4.78 is 17.4. The molecular weight excluding hydrogens is 464 g/mol. The number of carbonyl (C=O) groups excluding carboxylic acids is 4. The molecule has 2 amide bonds. The quantitative estimate of drug-likeness (QED) is 0.470. The van der Waals surface area contributed by atoms with Gasteiger partial charge in [-0.05, 0) is 24.0 Å². The van der Waals surface area contributed by atoms with Crippen LogP contribution in [-0.2, 0) is 33.4 Å². The Balaban J connectivity index is 1.80. The highest BCUT2D eigenvalue weighted by Gasteiger charge is 2.47. The number of ether oxygens (including phenoxy) is 3. The second-order valence-electron chi connectivity index (χ2n) is 9.88. The lowest BCUT2D eigenvalue weighted by Crippen LogP contribution is -2.41. The Kier molecular flexibility index (Phi) is 9.64. The Morgan fingerprint density at radius 1 is 0.972 bits per heavy atom. The lowest BCUT2D eigenvalue weighted by Gasteiger charge is -2.26. The van der Waals surface area contributed by atoms with E-state index in [1.165, 1.54) is 6.08 Å². The van der Waals surface area contributed by atoms with Crippen molar-refractivity contribution in [3.8, 4) is 0 Å². The molecule has 2 aliphatic rings. The van der Waals surface area contributed by atoms with Crippen LogP contribution in [-0.4, -0.2) is 55.2 Å². The molecule has 0 spiro atoms. The molecule has 9 heteroatoms. The van der Waals surface area contributed by atoms with Crippen molar-refractivity contribution in [2.45, 2.75) is 65.0 Å². The predicted molar refractivity (Wildman–Crippen MR) is 131 cm³/mol. The maximum atomic E-state index is 13.2. The number of nitrogens with one attached hydrogen (secondary N) is 2. The molecule has 0 aromatic heterocycles. The Morgan fingerprint density at radius 2 is 1.69 bits per heavy atom. The minimum Gasteiger partial charge on any atom is -0.459 e. The molecule has 0 saturated carbocycles. The summed E-state index contributed by atoms with van der Waals surface area (Å²) >= 11 is 0. The summed E-state index contributed by atoms with van der Waals surface area (Å²) in [4.78, 5) is 50.0. The van der Waals surface area contributed by atoms with Crippen molar-refractivity contribution < 1.29 is 33.4 Å². The zero-order valence-electron chi connectivity index (χ0n) is 21.3. The average molecular weight is 501 g/mol. The molecule has 0 bridgehead atoms. The third-order valence-electron chi connectivity index (χ3n) is 6.30. The zero-order valence-corrected chi connectivity index (χ0v) is 21.3. The molecule has 2 N–H and O–H groups in total. The van der Waals surface area contributed by atoms with Crippen LogP contribution in [0, 0.1) is 17.8 Å². The molecule has 2 heterocycles. The van der Waals surface area contributed by atoms with Crippen LogP contribution in [0.15, 0.2) is 42.5 Å². The van der Waals surface area contributed by atoms with E-state index in [0.717, 1.165) is 5.56 Å². The molecule has 36 heavy (non-hydrogen) atoms. The van der Waals surface area contributed by atoms with Gasteiger partial charge in [0.25, 0.3) is 0 Å². The molecule has 1 aromatic carbocycles. The van der Waals surface area contributed by atoms with Crippen molar-refractivity contribution in [2.75, 3.05) is 13.1 Å². The number of hydrogen-bond acceptors (Lipinski definition) is 7. The SMILES string of the molecule is CC(C)CC1OC(=O)[C@H](C)CNC(=O)CNC(=O)/C=C/C[C@@H](C(C)C2OC2c2ccccc2)OC1=O. The Labute approximate surface area is 211 Å². The number of esters is 2. The van der Waals surface area contributed by atoms with Crippen LogP contribution in [0.4, 0.5) is 0 Å². The summed E-state index contributed by atoms with van der Waals surface area (Å²) in [5, 5.41) is 5.08. The second-order valence-corrected chi connectivity index (χ2v) is 9.88. The fourth-order valence-electron chi connectivity index (χ4n) is 4.07. The fourth-order valence-corrected chi connectivity index (χ4v) is 4.07. The Bertz CT molecular complexity index is 962. The van der Waals surface area contributed by atoms with Crippen molar-refractivity contribution in [3.63, 3.8) is 0 Å². The maximum Gasteiger partial charge on any atom is 0.347 e. The predicted octanol–water partition coefficient (Wildman–Crippen LogP) is 2.46. The van der Waals surface area contributed by atoms with E-state index in [4.69, 9.17) is 14.2 Å². The first kappa shape index (κ1) is 27.4. The first-order chi connectivity index (χ1) is 17.2. The summed E-state index contributed by atoms with van der Waals surface area (Å²) in [6.45, 7) is 7.19. The van der Waals surface area contributed by atoms with Crippen LogP contribution in [0.2, 0.25) is 0 Å². The van der Waals surface area contributed by atoms with E-state index in [1.807, 2.05) is 51.1 Å². The Morgan fingerprint density at radius 3 is 2.39 bits per heavy atom. The number of carbonyl (C=O) groups is 4. The largest absolute Gasteiger partial charge is 0.459 e. The van der Waals surface area contributed by atoms with E-state index in [-0.39, 0.29) is 43.6 Å². The second kappa shape index (κ2) is 12.7. The van der Waals surface area contributed by atoms with Gasteiger partial charge in [0.1, 0.15) is 12.2 Å². The highest BCUT2D eigenvalue weighted by molar-refractivity contribution is 5.91. The lowest BCUT2D eigenvalue weighted by molar-refractivity contribution is -0.176. The standard InChI is InChI=1S/C27H36N2O7/c1-16(2)13-21-27(33)34-20(18(4)24-25(36-24)19-9-6-5-7-10-19)11-8-12-22(30)29-15-23(31)28-14-17(3)26(32)35-21/h5-10,12,16-18,20-21,24-25H,11,13-15H2,1-4H3,(H,28,31)(H,29,30)/b12-8+/t17-,18?,20+,21?,24?,25?/m1/s1. The normalized spacial score (nSPS) is 30.0. The van der Waals surface area contributed by atoms with Gasteiger partial charge < -0.3 is 24.8 Å². The topological polar surface area (TPSA) is 123 Å². The van der Waals surface area contributed by atoms with E-state index in [1.54, 1.807) is 13.0 Å². The molecule has 2 aliphatic heterocycles. The number of epoxide rings is 1. The van der Waals surface area contributed by atoms with Crippen molar-refractivity contribution in [3.05, 3.63) is 48.0 Å². The molecule has 1 saturated heterocycles. The first-order valence-corrected chi connectivity index (χ1v) is 12.5. The molecular formula is C27H36N2O7. The summed E-state index contributed by atoms with van der Waals surface area (Å²) in [6, 6.07) is 9.80. The van der Waals surface area contributed by atoms with Crippen LogP contribution in [0.1, 0.15) is 52.2 Å². The van der Waals surface area contributed by atoms with Crippen LogP contribution < -0.4 is 10.6 Å². The highest BCUT2D eigenvalue weighted by atomic mass is 16.6. The van der Waals surface area contributed by atoms with E-state index in [9.17, 15) is 19.2 Å². The van der Waals surface area contributed by atoms with Crippen molar-refractivity contribution in [1.82, 2.24) is 10.6 Å². The van der Waals surface area contributed by atoms with Gasteiger partial charge in [0.15, 0.2) is 6.10 Å². The maximum absolute atomic E-state index is 13.2. The molecule has 1 aromatic rings. The van der Waals surface area contributed by atoms with Gasteiger partial charge in [-0.25, -0.2) is 4.79 Å². The summed E-state index contributed by atoms with van der Waals surface area (Å²) in [5.41, 5.74) is 1.04. The summed E-state index contributed by atoms with van der Waals surface area (Å²) in [5.74, 6) is -2.90. The van der Waals surface area contributed by atoms with Crippen LogP contribution in [0.5, 0.6) is 0 Å². The molecule has 0 aliphatic carbocycles. The number of amides is 2. The van der Waals surface area contributed by atoms with E-state index < -0.39 is 41.9 Å².